The van der Waals surface area contributed by atoms with Crippen LogP contribution in [0.2, 0.25) is 0 Å². The van der Waals surface area contributed by atoms with E-state index in [1.54, 1.807) is 0 Å². The van der Waals surface area contributed by atoms with Crippen LogP contribution >= 0.6 is 24.0 Å². The zero-order valence-electron chi connectivity index (χ0n) is 15.9. The Morgan fingerprint density at radius 2 is 2.15 bits per heavy atom. The molecular formula is C19H31IN4O2. The second-order valence-electron chi connectivity index (χ2n) is 6.54. The Morgan fingerprint density at radius 3 is 2.81 bits per heavy atom. The SMILES string of the molecule is CCNC(=NCc1cccc(C(=O)NCC2CCCO2)c1)NC(C)C.I. The third-order valence-electron chi connectivity index (χ3n) is 3.89. The highest BCUT2D eigenvalue weighted by Gasteiger charge is 2.16. The largest absolute Gasteiger partial charge is 0.376 e. The number of hydrogen-bond acceptors (Lipinski definition) is 3. The summed E-state index contributed by atoms with van der Waals surface area (Å²) in [6.45, 7) is 8.89. The van der Waals surface area contributed by atoms with Gasteiger partial charge in [0.15, 0.2) is 5.96 Å². The molecule has 146 valence electrons. The number of ether oxygens (including phenoxy) is 1. The molecule has 0 aromatic heterocycles. The van der Waals surface area contributed by atoms with E-state index in [2.05, 4.69) is 34.8 Å². The number of carbonyl (C=O) groups is 1. The lowest BCUT2D eigenvalue weighted by Crippen LogP contribution is -2.41. The van der Waals surface area contributed by atoms with Crippen molar-refractivity contribution in [1.82, 2.24) is 16.0 Å². The van der Waals surface area contributed by atoms with Gasteiger partial charge in [-0.25, -0.2) is 4.99 Å². The molecule has 0 aliphatic carbocycles. The van der Waals surface area contributed by atoms with Crippen LogP contribution in [0.1, 0.15) is 49.5 Å². The van der Waals surface area contributed by atoms with Gasteiger partial charge in [0.2, 0.25) is 0 Å². The summed E-state index contributed by atoms with van der Waals surface area (Å²) in [6, 6.07) is 7.92. The molecule has 7 heteroatoms. The Balaban J connectivity index is 0.00000338. The van der Waals surface area contributed by atoms with Gasteiger partial charge < -0.3 is 20.7 Å². The maximum absolute atomic E-state index is 12.3. The van der Waals surface area contributed by atoms with Gasteiger partial charge in [-0.3, -0.25) is 4.79 Å². The molecule has 1 aliphatic heterocycles. The van der Waals surface area contributed by atoms with Crippen molar-refractivity contribution in [3.8, 4) is 0 Å². The molecule has 26 heavy (non-hydrogen) atoms. The number of aliphatic imine (C=N–C) groups is 1. The van der Waals surface area contributed by atoms with Crippen molar-refractivity contribution in [2.75, 3.05) is 19.7 Å². The molecule has 1 amide bonds. The highest BCUT2D eigenvalue weighted by molar-refractivity contribution is 14.0. The predicted octanol–water partition coefficient (Wildman–Crippen LogP) is 2.68. The second kappa shape index (κ2) is 12.1. The highest BCUT2D eigenvalue weighted by Crippen LogP contribution is 2.11. The summed E-state index contributed by atoms with van der Waals surface area (Å²) in [5, 5.41) is 9.46. The third-order valence-corrected chi connectivity index (χ3v) is 3.89. The number of halogens is 1. The average molecular weight is 474 g/mol. The zero-order valence-corrected chi connectivity index (χ0v) is 18.2. The molecule has 1 unspecified atom stereocenters. The molecule has 0 bridgehead atoms. The quantitative estimate of drug-likeness (QED) is 0.323. The molecule has 1 aromatic carbocycles. The maximum atomic E-state index is 12.3. The summed E-state index contributed by atoms with van der Waals surface area (Å²) < 4.78 is 5.54. The Morgan fingerprint density at radius 1 is 1.35 bits per heavy atom. The molecule has 0 spiro atoms. The van der Waals surface area contributed by atoms with E-state index in [4.69, 9.17) is 4.74 Å². The lowest BCUT2D eigenvalue weighted by atomic mass is 10.1. The molecule has 1 saturated heterocycles. The van der Waals surface area contributed by atoms with E-state index in [0.29, 0.717) is 24.7 Å². The van der Waals surface area contributed by atoms with Crippen LogP contribution in [-0.2, 0) is 11.3 Å². The van der Waals surface area contributed by atoms with Crippen molar-refractivity contribution in [3.05, 3.63) is 35.4 Å². The first kappa shape index (κ1) is 22.7. The lowest BCUT2D eigenvalue weighted by molar-refractivity contribution is 0.0857. The number of hydrogen-bond donors (Lipinski definition) is 3. The first-order chi connectivity index (χ1) is 12.1. The topological polar surface area (TPSA) is 74.8 Å². The number of benzene rings is 1. The van der Waals surface area contributed by atoms with Crippen molar-refractivity contribution < 1.29 is 9.53 Å². The van der Waals surface area contributed by atoms with Gasteiger partial charge >= 0.3 is 0 Å². The van der Waals surface area contributed by atoms with Crippen molar-refractivity contribution in [1.29, 1.82) is 0 Å². The number of carbonyl (C=O) groups excluding carboxylic acids is 1. The van der Waals surface area contributed by atoms with E-state index in [9.17, 15) is 4.79 Å². The first-order valence-corrected chi connectivity index (χ1v) is 9.12. The Kier molecular flexibility index (Phi) is 10.6. The van der Waals surface area contributed by atoms with Gasteiger partial charge in [-0.05, 0) is 51.3 Å². The van der Waals surface area contributed by atoms with E-state index in [0.717, 1.165) is 37.5 Å². The highest BCUT2D eigenvalue weighted by atomic mass is 127. The first-order valence-electron chi connectivity index (χ1n) is 9.12. The van der Waals surface area contributed by atoms with Crippen LogP contribution in [0.25, 0.3) is 0 Å². The number of nitrogens with one attached hydrogen (secondary N) is 3. The van der Waals surface area contributed by atoms with Crippen LogP contribution in [0.5, 0.6) is 0 Å². The monoisotopic (exact) mass is 474 g/mol. The molecule has 2 rings (SSSR count). The molecule has 6 nitrogen and oxygen atoms in total. The van der Waals surface area contributed by atoms with Crippen molar-refractivity contribution in [2.24, 2.45) is 4.99 Å². The number of rotatable bonds is 7. The van der Waals surface area contributed by atoms with Gasteiger partial charge in [0.25, 0.3) is 5.91 Å². The van der Waals surface area contributed by atoms with Gasteiger partial charge in [0.05, 0.1) is 12.6 Å². The summed E-state index contributed by atoms with van der Waals surface area (Å²) in [4.78, 5) is 16.9. The van der Waals surface area contributed by atoms with Crippen LogP contribution in [0.4, 0.5) is 0 Å². The van der Waals surface area contributed by atoms with Gasteiger partial charge in [-0.15, -0.1) is 24.0 Å². The molecule has 1 atom stereocenters. The average Bonchev–Trinajstić information content (AvgIpc) is 3.11. The van der Waals surface area contributed by atoms with Gasteiger partial charge in [0.1, 0.15) is 0 Å². The molecule has 0 radical (unpaired) electrons. The Bertz CT molecular complexity index is 587. The molecule has 0 saturated carbocycles. The van der Waals surface area contributed by atoms with Crippen LogP contribution < -0.4 is 16.0 Å². The molecule has 3 N–H and O–H groups in total. The second-order valence-corrected chi connectivity index (χ2v) is 6.54. The molecular weight excluding hydrogens is 443 g/mol. The number of guanidine groups is 1. The minimum Gasteiger partial charge on any atom is -0.376 e. The Hall–Kier alpha value is -1.35. The molecule has 1 aromatic rings. The smallest absolute Gasteiger partial charge is 0.251 e. The van der Waals surface area contributed by atoms with Crippen molar-refractivity contribution >= 4 is 35.8 Å². The van der Waals surface area contributed by atoms with E-state index in [1.807, 2.05) is 31.2 Å². The molecule has 1 heterocycles. The fourth-order valence-corrected chi connectivity index (χ4v) is 2.69. The van der Waals surface area contributed by atoms with E-state index < -0.39 is 0 Å². The van der Waals surface area contributed by atoms with Gasteiger partial charge in [-0.2, -0.15) is 0 Å². The maximum Gasteiger partial charge on any atom is 0.251 e. The van der Waals surface area contributed by atoms with Crippen LogP contribution in [0, 0.1) is 0 Å². The zero-order chi connectivity index (χ0) is 18.1. The fraction of sp³-hybridized carbons (Fsp3) is 0.579. The summed E-state index contributed by atoms with van der Waals surface area (Å²) in [5.41, 5.74) is 1.67. The van der Waals surface area contributed by atoms with Crippen molar-refractivity contribution in [3.63, 3.8) is 0 Å². The van der Waals surface area contributed by atoms with Crippen LogP contribution in [0.3, 0.4) is 0 Å². The third kappa shape index (κ3) is 7.90. The fourth-order valence-electron chi connectivity index (χ4n) is 2.69. The summed E-state index contributed by atoms with van der Waals surface area (Å²) >= 11 is 0. The number of amides is 1. The van der Waals surface area contributed by atoms with Crippen LogP contribution in [0.15, 0.2) is 29.3 Å². The minimum absolute atomic E-state index is 0. The predicted molar refractivity (Wildman–Crippen MR) is 116 cm³/mol. The summed E-state index contributed by atoms with van der Waals surface area (Å²) in [5.74, 6) is 0.722. The molecule has 1 fully saturated rings. The summed E-state index contributed by atoms with van der Waals surface area (Å²) in [7, 11) is 0. The lowest BCUT2D eigenvalue weighted by Gasteiger charge is -2.14. The Labute approximate surface area is 173 Å². The summed E-state index contributed by atoms with van der Waals surface area (Å²) in [6.07, 6.45) is 2.25. The number of nitrogens with zero attached hydrogens (tertiary/aromatic N) is 1. The van der Waals surface area contributed by atoms with E-state index in [-0.39, 0.29) is 36.0 Å². The standard InChI is InChI=1S/C19H30N4O2.HI/c1-4-20-19(23-14(2)3)22-12-15-7-5-8-16(11-15)18(24)21-13-17-9-6-10-25-17;/h5,7-8,11,14,17H,4,6,9-10,12-13H2,1-3H3,(H,21,24)(H2,20,22,23);1H. The van der Waals surface area contributed by atoms with E-state index in [1.165, 1.54) is 0 Å². The van der Waals surface area contributed by atoms with Crippen LogP contribution in [-0.4, -0.2) is 43.7 Å². The minimum atomic E-state index is -0.0615. The molecule has 1 aliphatic rings. The van der Waals surface area contributed by atoms with E-state index >= 15 is 0 Å². The van der Waals surface area contributed by atoms with Gasteiger partial charge in [-0.1, -0.05) is 12.1 Å². The normalized spacial score (nSPS) is 16.9. The van der Waals surface area contributed by atoms with Gasteiger partial charge in [0, 0.05) is 31.3 Å². The van der Waals surface area contributed by atoms with Crippen molar-refractivity contribution in [2.45, 2.75) is 52.3 Å².